The number of aliphatic hydroxyl groups excluding tert-OH is 1. The fraction of sp³-hybridized carbons (Fsp3) is 0.667. The van der Waals surface area contributed by atoms with E-state index in [2.05, 4.69) is 0 Å². The van der Waals surface area contributed by atoms with Crippen LogP contribution in [-0.2, 0) is 4.79 Å². The first kappa shape index (κ1) is 7.45. The minimum absolute atomic E-state index is 0.494. The molecule has 4 nitrogen and oxygen atoms in total. The highest BCUT2D eigenvalue weighted by Crippen LogP contribution is 1.76. The summed E-state index contributed by atoms with van der Waals surface area (Å²) >= 11 is 0. The van der Waals surface area contributed by atoms with Gasteiger partial charge in [-0.3, -0.25) is 4.79 Å². The molecular formula is C3H6BNO3. The Labute approximate surface area is 47.9 Å². The van der Waals surface area contributed by atoms with Crippen LogP contribution in [0.15, 0.2) is 0 Å². The fourth-order valence-corrected chi connectivity index (χ4v) is 0.202. The number of hydrogen-bond acceptors (Lipinski definition) is 3. The zero-order valence-electron chi connectivity index (χ0n) is 4.16. The molecule has 0 aromatic heterocycles. The molecule has 0 aromatic carbocycles. The average Bonchev–Trinajstić information content (AvgIpc) is 1.69. The molecule has 0 aliphatic carbocycles. The number of carbonyl (C=O) groups is 1. The molecule has 44 valence electrons. The summed E-state index contributed by atoms with van der Waals surface area (Å²) in [5, 5.41) is 18.1. The molecule has 0 bridgehead atoms. The summed E-state index contributed by atoms with van der Waals surface area (Å²) < 4.78 is 0. The van der Waals surface area contributed by atoms with Crippen LogP contribution in [0, 0.1) is 0 Å². The second kappa shape index (κ2) is 3.46. The van der Waals surface area contributed by atoms with Crippen LogP contribution in [0.1, 0.15) is 0 Å². The molecular weight excluding hydrogens is 109 g/mol. The second-order valence-electron chi connectivity index (χ2n) is 1.24. The molecule has 0 aromatic rings. The van der Waals surface area contributed by atoms with Gasteiger partial charge in [-0.05, 0) is 0 Å². The van der Waals surface area contributed by atoms with Gasteiger partial charge in [0.25, 0.3) is 0 Å². The van der Waals surface area contributed by atoms with Gasteiger partial charge in [-0.2, -0.15) is 0 Å². The van der Waals surface area contributed by atoms with E-state index >= 15 is 0 Å². The van der Waals surface area contributed by atoms with Crippen LogP contribution in [0.5, 0.6) is 0 Å². The van der Waals surface area contributed by atoms with E-state index in [0.29, 0.717) is 0 Å². The van der Waals surface area contributed by atoms with Gasteiger partial charge in [-0.15, -0.1) is 0 Å². The number of carboxylic acid groups (broad SMARTS) is 1. The molecule has 1 atom stereocenters. The largest absolute Gasteiger partial charge is 0.480 e. The van der Waals surface area contributed by atoms with E-state index in [9.17, 15) is 4.79 Å². The second-order valence-corrected chi connectivity index (χ2v) is 1.24. The van der Waals surface area contributed by atoms with Gasteiger partial charge >= 0.3 is 5.97 Å². The van der Waals surface area contributed by atoms with E-state index in [0.717, 1.165) is 0 Å². The summed E-state index contributed by atoms with van der Waals surface area (Å²) in [4.78, 5) is 9.86. The van der Waals surface area contributed by atoms with Crippen LogP contribution in [0.25, 0.3) is 0 Å². The molecule has 3 N–H and O–H groups in total. The van der Waals surface area contributed by atoms with Gasteiger partial charge in [0.15, 0.2) is 7.98 Å². The van der Waals surface area contributed by atoms with E-state index in [1.807, 2.05) is 5.23 Å². The quantitative estimate of drug-likeness (QED) is 0.376. The number of aliphatic carboxylic acids is 1. The lowest BCUT2D eigenvalue weighted by atomic mass is 10.2. The van der Waals surface area contributed by atoms with Crippen LogP contribution in [0.2, 0.25) is 0 Å². The van der Waals surface area contributed by atoms with Crippen molar-refractivity contribution in [1.82, 2.24) is 5.23 Å². The average molecular weight is 115 g/mol. The van der Waals surface area contributed by atoms with E-state index in [4.69, 9.17) is 18.2 Å². The minimum Gasteiger partial charge on any atom is -0.480 e. The molecule has 2 radical (unpaired) electrons. The maximum Gasteiger partial charge on any atom is 0.322 e. The maximum absolute atomic E-state index is 9.86. The van der Waals surface area contributed by atoms with Gasteiger partial charge in [0, 0.05) is 0 Å². The van der Waals surface area contributed by atoms with Gasteiger partial charge in [-0.1, -0.05) is 0 Å². The molecule has 0 amide bonds. The Morgan fingerprint density at radius 3 is 2.38 bits per heavy atom. The first-order valence-electron chi connectivity index (χ1n) is 2.02. The third-order valence-electron chi connectivity index (χ3n) is 0.682. The lowest BCUT2D eigenvalue weighted by Gasteiger charge is -2.04. The summed E-state index contributed by atoms with van der Waals surface area (Å²) in [5.41, 5.74) is 0. The van der Waals surface area contributed by atoms with E-state index in [1.54, 1.807) is 0 Å². The number of nitrogens with one attached hydrogen (secondary N) is 1. The highest BCUT2D eigenvalue weighted by molar-refractivity contribution is 6.06. The van der Waals surface area contributed by atoms with Crippen molar-refractivity contribution < 1.29 is 15.0 Å². The van der Waals surface area contributed by atoms with Crippen molar-refractivity contribution >= 4 is 14.0 Å². The Kier molecular flexibility index (Phi) is 3.22. The van der Waals surface area contributed by atoms with E-state index < -0.39 is 18.6 Å². The Morgan fingerprint density at radius 2 is 2.38 bits per heavy atom. The topological polar surface area (TPSA) is 69.6 Å². The molecule has 0 fully saturated rings. The van der Waals surface area contributed by atoms with Crippen LogP contribution in [0.4, 0.5) is 0 Å². The highest BCUT2D eigenvalue weighted by Gasteiger charge is 2.10. The molecule has 0 aliphatic rings. The standard InChI is InChI=1S/C3H6BNO3/c4-5-2(1-6)3(7)8/h2,5-6H,1H2,(H,7,8)/t2-/m0/s1. The molecule has 5 heteroatoms. The number of aliphatic hydroxyl groups is 1. The van der Waals surface area contributed by atoms with Crippen molar-refractivity contribution in [1.29, 1.82) is 0 Å². The summed E-state index contributed by atoms with van der Waals surface area (Å²) in [6.07, 6.45) is 0. The van der Waals surface area contributed by atoms with Crippen LogP contribution < -0.4 is 5.23 Å². The van der Waals surface area contributed by atoms with Crippen molar-refractivity contribution in [3.63, 3.8) is 0 Å². The molecule has 0 saturated heterocycles. The minimum atomic E-state index is -1.16. The van der Waals surface area contributed by atoms with Gasteiger partial charge < -0.3 is 15.4 Å². The van der Waals surface area contributed by atoms with E-state index in [-0.39, 0.29) is 0 Å². The van der Waals surface area contributed by atoms with Gasteiger partial charge in [-0.25, -0.2) is 0 Å². The third-order valence-corrected chi connectivity index (χ3v) is 0.682. The van der Waals surface area contributed by atoms with Gasteiger partial charge in [0.1, 0.15) is 6.04 Å². The predicted octanol–water partition coefficient (Wildman–Crippen LogP) is -1.90. The maximum atomic E-state index is 9.86. The van der Waals surface area contributed by atoms with Crippen LogP contribution in [-0.4, -0.2) is 36.8 Å². The normalized spacial score (nSPS) is 13.1. The SMILES string of the molecule is [B]N[C@@H](CO)C(=O)O. The lowest BCUT2D eigenvalue weighted by Crippen LogP contribution is -2.37. The van der Waals surface area contributed by atoms with Gasteiger partial charge in [0.2, 0.25) is 0 Å². The molecule has 0 spiro atoms. The molecule has 0 rings (SSSR count). The van der Waals surface area contributed by atoms with Gasteiger partial charge in [0.05, 0.1) is 6.61 Å². The molecule has 0 saturated carbocycles. The van der Waals surface area contributed by atoms with Crippen molar-refractivity contribution in [2.75, 3.05) is 6.61 Å². The van der Waals surface area contributed by atoms with Crippen LogP contribution >= 0.6 is 0 Å². The zero-order valence-corrected chi connectivity index (χ0v) is 4.16. The summed E-state index contributed by atoms with van der Waals surface area (Å²) in [6, 6.07) is -1.05. The van der Waals surface area contributed by atoms with Crippen molar-refractivity contribution in [2.45, 2.75) is 6.04 Å². The molecule has 0 unspecified atom stereocenters. The van der Waals surface area contributed by atoms with E-state index in [1.165, 1.54) is 0 Å². The summed E-state index contributed by atoms with van der Waals surface area (Å²) in [7, 11) is 4.69. The first-order valence-corrected chi connectivity index (χ1v) is 2.02. The smallest absolute Gasteiger partial charge is 0.322 e. The Hall–Kier alpha value is -0.545. The molecule has 0 aliphatic heterocycles. The number of carboxylic acids is 1. The zero-order chi connectivity index (χ0) is 6.57. The fourth-order valence-electron chi connectivity index (χ4n) is 0.202. The number of rotatable bonds is 3. The molecule has 0 heterocycles. The van der Waals surface area contributed by atoms with Crippen molar-refractivity contribution in [3.8, 4) is 0 Å². The number of hydrogen-bond donors (Lipinski definition) is 3. The lowest BCUT2D eigenvalue weighted by molar-refractivity contribution is -0.139. The highest BCUT2D eigenvalue weighted by atomic mass is 16.4. The summed E-state index contributed by atoms with van der Waals surface area (Å²) in [5.74, 6) is -1.16. The predicted molar refractivity (Wildman–Crippen MR) is 27.4 cm³/mol. The van der Waals surface area contributed by atoms with Crippen LogP contribution in [0.3, 0.4) is 0 Å². The third kappa shape index (κ3) is 1.95. The summed E-state index contributed by atoms with van der Waals surface area (Å²) in [6.45, 7) is -0.494. The Balaban J connectivity index is 3.52. The van der Waals surface area contributed by atoms with Crippen molar-refractivity contribution in [3.05, 3.63) is 0 Å². The molecule has 8 heavy (non-hydrogen) atoms. The Morgan fingerprint density at radius 1 is 1.88 bits per heavy atom. The first-order chi connectivity index (χ1) is 3.72. The Bertz CT molecular complexity index is 82.6. The monoisotopic (exact) mass is 115 g/mol. The van der Waals surface area contributed by atoms with Crippen molar-refractivity contribution in [2.24, 2.45) is 0 Å².